The molecule has 3 heterocycles. The smallest absolute Gasteiger partial charge is 0.223 e. The molecule has 0 spiro atoms. The van der Waals surface area contributed by atoms with Crippen molar-refractivity contribution in [3.8, 4) is 11.5 Å². The third-order valence-corrected chi connectivity index (χ3v) is 2.77. The highest BCUT2D eigenvalue weighted by Crippen LogP contribution is 2.18. The maximum Gasteiger partial charge on any atom is 0.223 e. The zero-order valence-corrected chi connectivity index (χ0v) is 12.9. The summed E-state index contributed by atoms with van der Waals surface area (Å²) in [6.45, 7) is 1.52. The molecule has 3 rings (SSSR count). The molecule has 11 nitrogen and oxygen atoms in total. The van der Waals surface area contributed by atoms with Crippen LogP contribution in [0.5, 0.6) is 0 Å². The summed E-state index contributed by atoms with van der Waals surface area (Å²) in [7, 11) is 3.43. The van der Waals surface area contributed by atoms with Crippen molar-refractivity contribution in [3.63, 3.8) is 0 Å². The third kappa shape index (κ3) is 4.59. The topological polar surface area (TPSA) is 141 Å². The molecule has 2 atom stereocenters. The Morgan fingerprint density at radius 2 is 1.91 bits per heavy atom. The van der Waals surface area contributed by atoms with Crippen LogP contribution in [-0.2, 0) is 14.1 Å². The van der Waals surface area contributed by atoms with Gasteiger partial charge in [0.2, 0.25) is 5.82 Å². The largest absolute Gasteiger partial charge is 0.390 e. The highest BCUT2D eigenvalue weighted by atomic mass is 16.3. The van der Waals surface area contributed by atoms with Gasteiger partial charge in [0.05, 0.1) is 13.2 Å². The summed E-state index contributed by atoms with van der Waals surface area (Å²) in [5, 5.41) is 40.6. The Hall–Kier alpha value is -2.79. The monoisotopic (exact) mass is 319 g/mol. The van der Waals surface area contributed by atoms with Crippen LogP contribution in [0.15, 0.2) is 24.7 Å². The quantitative estimate of drug-likeness (QED) is 0.615. The Morgan fingerprint density at radius 3 is 2.30 bits per heavy atom. The van der Waals surface area contributed by atoms with Gasteiger partial charge in [0, 0.05) is 18.8 Å². The number of tetrazole rings is 2. The molecule has 0 aromatic carbocycles. The Kier molecular flexibility index (Phi) is 5.38. The van der Waals surface area contributed by atoms with Crippen molar-refractivity contribution in [1.29, 1.82) is 0 Å². The van der Waals surface area contributed by atoms with Crippen molar-refractivity contribution < 1.29 is 10.2 Å². The van der Waals surface area contributed by atoms with E-state index in [0.717, 1.165) is 0 Å². The van der Waals surface area contributed by atoms with Gasteiger partial charge in [0.1, 0.15) is 18.1 Å². The van der Waals surface area contributed by atoms with Crippen molar-refractivity contribution in [3.05, 3.63) is 30.2 Å². The van der Waals surface area contributed by atoms with Gasteiger partial charge in [0.15, 0.2) is 0 Å². The maximum atomic E-state index is 9.63. The Morgan fingerprint density at radius 1 is 1.13 bits per heavy atom. The van der Waals surface area contributed by atoms with Crippen LogP contribution in [0, 0.1) is 0 Å². The second kappa shape index (κ2) is 7.47. The molecule has 0 fully saturated rings. The van der Waals surface area contributed by atoms with Gasteiger partial charge in [-0.15, -0.1) is 15.3 Å². The fraction of sp³-hybridized carbons (Fsp3) is 0.417. The molecule has 0 saturated carbocycles. The second-order valence-corrected chi connectivity index (χ2v) is 4.75. The van der Waals surface area contributed by atoms with Gasteiger partial charge in [-0.2, -0.15) is 4.80 Å². The summed E-state index contributed by atoms with van der Waals surface area (Å²) >= 11 is 0. The van der Waals surface area contributed by atoms with Gasteiger partial charge in [0.25, 0.3) is 0 Å². The molecule has 2 N–H and O–H groups in total. The Bertz CT molecular complexity index is 708. The van der Waals surface area contributed by atoms with Crippen LogP contribution < -0.4 is 0 Å². The van der Waals surface area contributed by atoms with E-state index in [2.05, 4.69) is 35.9 Å². The minimum atomic E-state index is -0.939. The van der Waals surface area contributed by atoms with Crippen molar-refractivity contribution in [2.75, 3.05) is 0 Å². The predicted molar refractivity (Wildman–Crippen MR) is 77.5 cm³/mol. The first-order valence-corrected chi connectivity index (χ1v) is 6.70. The van der Waals surface area contributed by atoms with Crippen LogP contribution in [0.3, 0.4) is 0 Å². The van der Waals surface area contributed by atoms with Crippen molar-refractivity contribution in [2.45, 2.75) is 19.1 Å². The zero-order valence-electron chi connectivity index (χ0n) is 12.9. The molecule has 122 valence electrons. The fourth-order valence-electron chi connectivity index (χ4n) is 1.58. The summed E-state index contributed by atoms with van der Waals surface area (Å²) in [6.07, 6.45) is 1.24. The highest BCUT2D eigenvalue weighted by molar-refractivity contribution is 5.47. The molecule has 3 aromatic rings. The van der Waals surface area contributed by atoms with Gasteiger partial charge in [-0.3, -0.25) is 4.98 Å². The number of aryl methyl sites for hydroxylation is 2. The fourth-order valence-corrected chi connectivity index (χ4v) is 1.58. The van der Waals surface area contributed by atoms with E-state index >= 15 is 0 Å². The Balaban J connectivity index is 0.000000268. The summed E-state index contributed by atoms with van der Waals surface area (Å²) in [4.78, 5) is 5.46. The highest BCUT2D eigenvalue weighted by Gasteiger charge is 2.14. The molecule has 0 aliphatic rings. The Labute approximate surface area is 131 Å². The lowest BCUT2D eigenvalue weighted by atomic mass is 10.1. The second-order valence-electron chi connectivity index (χ2n) is 4.75. The minimum absolute atomic E-state index is 0.422. The van der Waals surface area contributed by atoms with Crippen molar-refractivity contribution >= 4 is 0 Å². The number of hydrogen-bond donors (Lipinski definition) is 2. The average molecular weight is 319 g/mol. The summed E-state index contributed by atoms with van der Waals surface area (Å²) in [6, 6.07) is 3.36. The third-order valence-electron chi connectivity index (χ3n) is 2.77. The van der Waals surface area contributed by atoms with Gasteiger partial charge < -0.3 is 10.2 Å². The first-order valence-electron chi connectivity index (χ1n) is 6.70. The van der Waals surface area contributed by atoms with E-state index in [4.69, 9.17) is 0 Å². The average Bonchev–Trinajstić information content (AvgIpc) is 3.18. The lowest BCUT2D eigenvalue weighted by Gasteiger charge is -2.13. The molecule has 0 amide bonds. The molecule has 0 saturated heterocycles. The van der Waals surface area contributed by atoms with E-state index in [1.54, 1.807) is 26.2 Å². The molecule has 0 bridgehead atoms. The molecule has 0 radical (unpaired) electrons. The number of hydrogen-bond acceptors (Lipinski definition) is 9. The molecule has 2 unspecified atom stereocenters. The van der Waals surface area contributed by atoms with Crippen LogP contribution >= 0.6 is 0 Å². The van der Waals surface area contributed by atoms with E-state index < -0.39 is 12.2 Å². The summed E-state index contributed by atoms with van der Waals surface area (Å²) in [5.41, 5.74) is 1.12. The lowest BCUT2D eigenvalue weighted by molar-refractivity contribution is 0.0303. The van der Waals surface area contributed by atoms with Gasteiger partial charge >= 0.3 is 0 Å². The van der Waals surface area contributed by atoms with E-state index in [1.807, 2.05) is 0 Å². The SMILES string of the molecule is CC(O)C(O)c1ccc(-c2nnn(C)n2)nc1.Cn1cnnn1. The molecule has 11 heteroatoms. The number of aliphatic hydroxyl groups is 2. The predicted octanol–water partition coefficient (Wildman–Crippen LogP) is -1.10. The zero-order chi connectivity index (χ0) is 16.8. The molecular weight excluding hydrogens is 302 g/mol. The lowest BCUT2D eigenvalue weighted by Crippen LogP contribution is -2.13. The van der Waals surface area contributed by atoms with E-state index in [0.29, 0.717) is 17.1 Å². The minimum Gasteiger partial charge on any atom is -0.390 e. The molecular formula is C12H17N9O2. The number of nitrogens with zero attached hydrogens (tertiary/aromatic N) is 9. The van der Waals surface area contributed by atoms with E-state index in [1.165, 1.54) is 28.9 Å². The number of aromatic nitrogens is 9. The van der Waals surface area contributed by atoms with Crippen LogP contribution in [0.2, 0.25) is 0 Å². The van der Waals surface area contributed by atoms with E-state index in [9.17, 15) is 10.2 Å². The molecule has 3 aromatic heterocycles. The van der Waals surface area contributed by atoms with Gasteiger partial charge in [-0.25, -0.2) is 4.68 Å². The van der Waals surface area contributed by atoms with Crippen LogP contribution in [0.25, 0.3) is 11.5 Å². The summed E-state index contributed by atoms with van der Waals surface area (Å²) in [5.74, 6) is 0.422. The van der Waals surface area contributed by atoms with E-state index in [-0.39, 0.29) is 0 Å². The van der Waals surface area contributed by atoms with Crippen LogP contribution in [-0.4, -0.2) is 61.7 Å². The first kappa shape index (κ1) is 16.6. The first-order chi connectivity index (χ1) is 11.0. The van der Waals surface area contributed by atoms with Gasteiger partial charge in [-0.05, 0) is 28.6 Å². The standard InChI is InChI=1S/C10H13N5O2.C2H4N4/c1-6(16)9(17)7-3-4-8(11-5-7)10-12-14-15(2)13-10;1-6-2-3-4-5-6/h3-6,9,16-17H,1-2H3;2H,1H3. The molecule has 0 aliphatic heterocycles. The van der Waals surface area contributed by atoms with Gasteiger partial charge in [-0.1, -0.05) is 6.07 Å². The number of rotatable bonds is 3. The maximum absolute atomic E-state index is 9.63. The normalized spacial score (nSPS) is 13.1. The van der Waals surface area contributed by atoms with Crippen LogP contribution in [0.4, 0.5) is 0 Å². The number of aliphatic hydroxyl groups excluding tert-OH is 2. The number of pyridine rings is 1. The molecule has 0 aliphatic carbocycles. The summed E-state index contributed by atoms with van der Waals surface area (Å²) < 4.78 is 1.53. The molecule has 23 heavy (non-hydrogen) atoms. The van der Waals surface area contributed by atoms with Crippen molar-refractivity contribution in [1.82, 2.24) is 45.4 Å². The van der Waals surface area contributed by atoms with Crippen molar-refractivity contribution in [2.24, 2.45) is 14.1 Å². The van der Waals surface area contributed by atoms with Crippen LogP contribution in [0.1, 0.15) is 18.6 Å².